The van der Waals surface area contributed by atoms with Crippen LogP contribution in [0.1, 0.15) is 11.1 Å². The molecule has 0 saturated heterocycles. The Bertz CT molecular complexity index is 957. The van der Waals surface area contributed by atoms with Crippen LogP contribution in [-0.4, -0.2) is 37.9 Å². The number of hydrogen-bond acceptors (Lipinski definition) is 6. The van der Waals surface area contributed by atoms with E-state index in [0.29, 0.717) is 16.7 Å². The Labute approximate surface area is 160 Å². The number of anilines is 1. The lowest BCUT2D eigenvalue weighted by molar-refractivity contribution is -0.117. The van der Waals surface area contributed by atoms with Gasteiger partial charge in [-0.15, -0.1) is 5.10 Å². The molecule has 3 aromatic rings. The number of carbonyl (C=O) groups excluding carboxylic acids is 2. The third kappa shape index (κ3) is 5.14. The van der Waals surface area contributed by atoms with Gasteiger partial charge in [0.1, 0.15) is 0 Å². The average molecular weight is 382 g/mol. The molecule has 27 heavy (non-hydrogen) atoms. The molecule has 0 bridgehead atoms. The molecule has 1 aromatic carbocycles. The van der Waals surface area contributed by atoms with Crippen LogP contribution in [-0.2, 0) is 4.79 Å². The van der Waals surface area contributed by atoms with Crippen LogP contribution in [0.25, 0.3) is 11.4 Å². The number of carbonyl (C=O) groups is 2. The van der Waals surface area contributed by atoms with Crippen molar-refractivity contribution in [2.45, 2.75) is 19.0 Å². The zero-order valence-electron chi connectivity index (χ0n) is 14.8. The number of pyridine rings is 1. The summed E-state index contributed by atoms with van der Waals surface area (Å²) in [7, 11) is 0. The van der Waals surface area contributed by atoms with Gasteiger partial charge < -0.3 is 5.32 Å². The molecule has 0 aliphatic rings. The number of aromatic nitrogens is 4. The summed E-state index contributed by atoms with van der Waals surface area (Å²) in [6.45, 7) is 3.87. The maximum Gasteiger partial charge on any atom is 0.325 e. The Morgan fingerprint density at radius 2 is 1.93 bits per heavy atom. The Hall–Kier alpha value is -3.20. The van der Waals surface area contributed by atoms with Crippen molar-refractivity contribution < 1.29 is 9.59 Å². The number of amides is 3. The number of benzene rings is 1. The monoisotopic (exact) mass is 382 g/mol. The summed E-state index contributed by atoms with van der Waals surface area (Å²) in [5.41, 5.74) is 3.54. The molecule has 0 spiro atoms. The molecule has 9 heteroatoms. The number of aryl methyl sites for hydroxylation is 2. The number of urea groups is 1. The molecule has 0 fully saturated rings. The van der Waals surface area contributed by atoms with Crippen molar-refractivity contribution in [3.05, 3.63) is 53.9 Å². The molecule has 2 heterocycles. The van der Waals surface area contributed by atoms with Gasteiger partial charge >= 0.3 is 6.03 Å². The number of nitrogens with one attached hydrogen (secondary N) is 3. The van der Waals surface area contributed by atoms with Crippen molar-refractivity contribution in [2.75, 3.05) is 11.1 Å². The van der Waals surface area contributed by atoms with E-state index in [-0.39, 0.29) is 5.75 Å². The fourth-order valence-corrected chi connectivity index (χ4v) is 2.95. The number of H-pyrrole nitrogens is 1. The van der Waals surface area contributed by atoms with Crippen molar-refractivity contribution in [3.8, 4) is 11.4 Å². The fraction of sp³-hybridized carbons (Fsp3) is 0.167. The molecule has 0 radical (unpaired) electrons. The Balaban J connectivity index is 1.49. The highest BCUT2D eigenvalue weighted by Gasteiger charge is 2.12. The fourth-order valence-electron chi connectivity index (χ4n) is 2.35. The standard InChI is InChI=1S/C18H18N6O2S/c1-11-3-4-14(12(2)9-11)20-17(26)21-15(25)10-27-18-22-16(23-24-18)13-5-7-19-8-6-13/h3-9H,10H2,1-2H3,(H,22,23,24)(H2,20,21,25,26). The minimum absolute atomic E-state index is 0.0218. The SMILES string of the molecule is Cc1ccc(NC(=O)NC(=O)CSc2n[nH]c(-c3ccncc3)n2)c(C)c1. The van der Waals surface area contributed by atoms with Gasteiger partial charge in [0.05, 0.1) is 5.75 Å². The summed E-state index contributed by atoms with van der Waals surface area (Å²) in [4.78, 5) is 32.2. The molecule has 3 N–H and O–H groups in total. The van der Waals surface area contributed by atoms with Gasteiger partial charge in [-0.25, -0.2) is 9.78 Å². The summed E-state index contributed by atoms with van der Waals surface area (Å²) < 4.78 is 0. The zero-order valence-corrected chi connectivity index (χ0v) is 15.6. The lowest BCUT2D eigenvalue weighted by Crippen LogP contribution is -2.35. The molecule has 0 aliphatic heterocycles. The number of rotatable bonds is 5. The highest BCUT2D eigenvalue weighted by molar-refractivity contribution is 7.99. The van der Waals surface area contributed by atoms with Gasteiger partial charge in [0, 0.05) is 23.6 Å². The lowest BCUT2D eigenvalue weighted by atomic mass is 10.1. The van der Waals surface area contributed by atoms with Crippen LogP contribution in [0.5, 0.6) is 0 Å². The van der Waals surface area contributed by atoms with E-state index in [9.17, 15) is 9.59 Å². The number of hydrogen-bond donors (Lipinski definition) is 3. The molecule has 0 saturated carbocycles. The third-order valence-corrected chi connectivity index (χ3v) is 4.48. The van der Waals surface area contributed by atoms with Gasteiger partial charge in [-0.2, -0.15) is 0 Å². The average Bonchev–Trinajstić information content (AvgIpc) is 3.12. The summed E-state index contributed by atoms with van der Waals surface area (Å²) in [6, 6.07) is 8.69. The van der Waals surface area contributed by atoms with Gasteiger partial charge in [0.25, 0.3) is 0 Å². The second-order valence-corrected chi connectivity index (χ2v) is 6.75. The van der Waals surface area contributed by atoms with Crippen LogP contribution < -0.4 is 10.6 Å². The van der Waals surface area contributed by atoms with E-state index >= 15 is 0 Å². The summed E-state index contributed by atoms with van der Waals surface area (Å²) >= 11 is 1.14. The first kappa shape index (κ1) is 18.6. The van der Waals surface area contributed by atoms with Crippen molar-refractivity contribution in [2.24, 2.45) is 0 Å². The predicted molar refractivity (Wildman–Crippen MR) is 103 cm³/mol. The van der Waals surface area contributed by atoms with Crippen LogP contribution in [0.2, 0.25) is 0 Å². The second-order valence-electron chi connectivity index (χ2n) is 5.81. The van der Waals surface area contributed by atoms with Crippen molar-refractivity contribution in [1.29, 1.82) is 0 Å². The predicted octanol–water partition coefficient (Wildman–Crippen LogP) is 2.92. The maximum absolute atomic E-state index is 12.0. The molecule has 3 rings (SSSR count). The summed E-state index contributed by atoms with van der Waals surface area (Å²) in [6.07, 6.45) is 3.32. The molecule has 0 unspecified atom stereocenters. The summed E-state index contributed by atoms with van der Waals surface area (Å²) in [5.74, 6) is 0.180. The van der Waals surface area contributed by atoms with Crippen LogP contribution in [0.4, 0.5) is 10.5 Å². The van der Waals surface area contributed by atoms with E-state index in [0.717, 1.165) is 28.5 Å². The Morgan fingerprint density at radius 3 is 2.67 bits per heavy atom. The number of imide groups is 1. The van der Waals surface area contributed by atoms with Crippen molar-refractivity contribution in [3.63, 3.8) is 0 Å². The van der Waals surface area contributed by atoms with E-state index in [2.05, 4.69) is 30.8 Å². The third-order valence-electron chi connectivity index (χ3n) is 3.63. The smallest absolute Gasteiger partial charge is 0.307 e. The minimum atomic E-state index is -0.569. The highest BCUT2D eigenvalue weighted by Crippen LogP contribution is 2.18. The topological polar surface area (TPSA) is 113 Å². The summed E-state index contributed by atoms with van der Waals surface area (Å²) in [5, 5.41) is 12.3. The van der Waals surface area contributed by atoms with Gasteiger partial charge in [-0.05, 0) is 37.6 Å². The molecular formula is C18H18N6O2S. The van der Waals surface area contributed by atoms with E-state index in [4.69, 9.17) is 0 Å². The first-order valence-electron chi connectivity index (χ1n) is 8.15. The molecule has 0 atom stereocenters. The van der Waals surface area contributed by atoms with Crippen LogP contribution in [0, 0.1) is 13.8 Å². The first-order chi connectivity index (χ1) is 13.0. The molecule has 138 valence electrons. The van der Waals surface area contributed by atoms with Gasteiger partial charge in [0.2, 0.25) is 11.1 Å². The molecule has 8 nitrogen and oxygen atoms in total. The molecule has 3 amide bonds. The van der Waals surface area contributed by atoms with Crippen LogP contribution >= 0.6 is 11.8 Å². The Kier molecular flexibility index (Phi) is 5.82. The zero-order chi connectivity index (χ0) is 19.2. The number of thioether (sulfide) groups is 1. The first-order valence-corrected chi connectivity index (χ1v) is 9.13. The molecular weight excluding hydrogens is 364 g/mol. The van der Waals surface area contributed by atoms with E-state index in [1.807, 2.05) is 26.0 Å². The van der Waals surface area contributed by atoms with Gasteiger partial charge in [-0.1, -0.05) is 29.5 Å². The van der Waals surface area contributed by atoms with Crippen molar-refractivity contribution in [1.82, 2.24) is 25.5 Å². The number of nitrogens with zero attached hydrogens (tertiary/aromatic N) is 3. The van der Waals surface area contributed by atoms with E-state index in [1.54, 1.807) is 30.6 Å². The molecule has 0 aliphatic carbocycles. The lowest BCUT2D eigenvalue weighted by Gasteiger charge is -2.09. The largest absolute Gasteiger partial charge is 0.325 e. The van der Waals surface area contributed by atoms with Gasteiger partial charge in [-0.3, -0.25) is 20.2 Å². The van der Waals surface area contributed by atoms with Crippen LogP contribution in [0.3, 0.4) is 0 Å². The number of aromatic amines is 1. The van der Waals surface area contributed by atoms with Gasteiger partial charge in [0.15, 0.2) is 5.82 Å². The second kappa shape index (κ2) is 8.45. The quantitative estimate of drug-likeness (QED) is 0.585. The normalized spacial score (nSPS) is 10.4. The Morgan fingerprint density at radius 1 is 1.15 bits per heavy atom. The minimum Gasteiger partial charge on any atom is -0.307 e. The van der Waals surface area contributed by atoms with Crippen LogP contribution in [0.15, 0.2) is 47.9 Å². The van der Waals surface area contributed by atoms with Crippen molar-refractivity contribution >= 4 is 29.4 Å². The maximum atomic E-state index is 12.0. The highest BCUT2D eigenvalue weighted by atomic mass is 32.2. The molecule has 2 aromatic heterocycles. The van der Waals surface area contributed by atoms with E-state index < -0.39 is 11.9 Å². The van der Waals surface area contributed by atoms with E-state index in [1.165, 1.54) is 0 Å².